The largest absolute Gasteiger partial charge is 0.344 e. The molecule has 3 aromatic heterocycles. The molecule has 0 aliphatic rings. The van der Waals surface area contributed by atoms with Crippen LogP contribution < -0.4 is 10.9 Å². The van der Waals surface area contributed by atoms with Gasteiger partial charge in [-0.25, -0.2) is 4.98 Å². The minimum Gasteiger partial charge on any atom is -0.344 e. The van der Waals surface area contributed by atoms with E-state index in [0.717, 1.165) is 5.75 Å². The Morgan fingerprint density at radius 1 is 1.26 bits per heavy atom. The van der Waals surface area contributed by atoms with Crippen LogP contribution in [0.15, 0.2) is 59.8 Å². The second-order valence-corrected chi connectivity index (χ2v) is 6.77. The fourth-order valence-corrected chi connectivity index (χ4v) is 3.02. The van der Waals surface area contributed by atoms with Crippen molar-refractivity contribution in [2.75, 3.05) is 12.0 Å². The molecule has 0 aliphatic heterocycles. The molecule has 8 heteroatoms. The predicted molar refractivity (Wildman–Crippen MR) is 106 cm³/mol. The van der Waals surface area contributed by atoms with Gasteiger partial charge in [-0.15, -0.1) is 0 Å². The lowest BCUT2D eigenvalue weighted by atomic mass is 10.1. The summed E-state index contributed by atoms with van der Waals surface area (Å²) in [5.41, 5.74) is 1.25. The van der Waals surface area contributed by atoms with Crippen molar-refractivity contribution in [3.8, 4) is 11.5 Å². The number of rotatable bonds is 7. The van der Waals surface area contributed by atoms with Gasteiger partial charge < -0.3 is 10.3 Å². The summed E-state index contributed by atoms with van der Waals surface area (Å²) in [6, 6.07) is 9.81. The molecule has 3 heterocycles. The van der Waals surface area contributed by atoms with E-state index in [9.17, 15) is 9.59 Å². The molecule has 0 radical (unpaired) electrons. The van der Waals surface area contributed by atoms with E-state index in [2.05, 4.69) is 25.3 Å². The SMILES string of the molecule is CSCC[C@@H](NC(=O)c1cccnc1)c1cc(=O)[nH]c(-c2ccccn2)n1. The van der Waals surface area contributed by atoms with E-state index < -0.39 is 6.04 Å². The first-order valence-corrected chi connectivity index (χ1v) is 9.79. The maximum absolute atomic E-state index is 12.5. The van der Waals surface area contributed by atoms with Crippen molar-refractivity contribution in [3.63, 3.8) is 0 Å². The number of aromatic amines is 1. The van der Waals surface area contributed by atoms with Crippen LogP contribution in [0.1, 0.15) is 28.5 Å². The van der Waals surface area contributed by atoms with Crippen molar-refractivity contribution in [2.45, 2.75) is 12.5 Å². The topological polar surface area (TPSA) is 101 Å². The molecule has 1 atom stereocenters. The smallest absolute Gasteiger partial charge is 0.253 e. The molecule has 0 unspecified atom stereocenters. The molecule has 0 saturated carbocycles. The average Bonchev–Trinajstić information content (AvgIpc) is 2.71. The van der Waals surface area contributed by atoms with Crippen LogP contribution in [-0.2, 0) is 0 Å². The Labute approximate surface area is 160 Å². The number of aromatic nitrogens is 4. The Bertz CT molecular complexity index is 947. The quantitative estimate of drug-likeness (QED) is 0.652. The number of carbonyl (C=O) groups excluding carboxylic acids is 1. The second kappa shape index (κ2) is 9.09. The van der Waals surface area contributed by atoms with Crippen molar-refractivity contribution in [2.24, 2.45) is 0 Å². The first-order valence-electron chi connectivity index (χ1n) is 8.40. The van der Waals surface area contributed by atoms with Gasteiger partial charge in [0.05, 0.1) is 17.3 Å². The summed E-state index contributed by atoms with van der Waals surface area (Å²) in [6.07, 6.45) is 7.39. The van der Waals surface area contributed by atoms with Gasteiger partial charge in [0.2, 0.25) is 0 Å². The third kappa shape index (κ3) is 5.01. The van der Waals surface area contributed by atoms with E-state index in [4.69, 9.17) is 0 Å². The number of hydrogen-bond acceptors (Lipinski definition) is 6. The van der Waals surface area contributed by atoms with Gasteiger partial charge in [0.1, 0.15) is 5.69 Å². The zero-order chi connectivity index (χ0) is 19.1. The highest BCUT2D eigenvalue weighted by Crippen LogP contribution is 2.19. The lowest BCUT2D eigenvalue weighted by Gasteiger charge is -2.18. The standard InChI is InChI=1S/C19H19N5O2S/c1-27-10-7-14(23-19(26)13-5-4-8-20-12-13)16-11-17(25)24-18(22-16)15-6-2-3-9-21-15/h2-6,8-9,11-12,14H,7,10H2,1H3,(H,23,26)(H,22,24,25)/t14-/m1/s1. The summed E-state index contributed by atoms with van der Waals surface area (Å²) in [5, 5.41) is 2.96. The zero-order valence-corrected chi connectivity index (χ0v) is 15.6. The van der Waals surface area contributed by atoms with Crippen LogP contribution in [-0.4, -0.2) is 37.9 Å². The maximum Gasteiger partial charge on any atom is 0.253 e. The van der Waals surface area contributed by atoms with E-state index in [1.54, 1.807) is 48.4 Å². The molecular formula is C19H19N5O2S. The predicted octanol–water partition coefficient (Wildman–Crippen LogP) is 2.45. The van der Waals surface area contributed by atoms with Crippen molar-refractivity contribution >= 4 is 17.7 Å². The minimum atomic E-state index is -0.394. The van der Waals surface area contributed by atoms with Gasteiger partial charge in [-0.3, -0.25) is 19.6 Å². The molecule has 27 heavy (non-hydrogen) atoms. The van der Waals surface area contributed by atoms with Crippen LogP contribution in [0.5, 0.6) is 0 Å². The molecule has 1 amide bonds. The molecule has 0 aliphatic carbocycles. The van der Waals surface area contributed by atoms with Crippen LogP contribution in [0, 0.1) is 0 Å². The summed E-state index contributed by atoms with van der Waals surface area (Å²) >= 11 is 1.66. The van der Waals surface area contributed by atoms with Gasteiger partial charge in [0.25, 0.3) is 11.5 Å². The number of carbonyl (C=O) groups is 1. The molecule has 7 nitrogen and oxygen atoms in total. The highest BCUT2D eigenvalue weighted by molar-refractivity contribution is 7.98. The number of amides is 1. The monoisotopic (exact) mass is 381 g/mol. The summed E-state index contributed by atoms with van der Waals surface area (Å²) in [6.45, 7) is 0. The van der Waals surface area contributed by atoms with Crippen LogP contribution in [0.4, 0.5) is 0 Å². The molecule has 0 spiro atoms. The molecule has 138 valence electrons. The third-order valence-corrected chi connectivity index (χ3v) is 4.51. The molecule has 3 aromatic rings. The van der Waals surface area contributed by atoms with Gasteiger partial charge in [-0.2, -0.15) is 11.8 Å². The van der Waals surface area contributed by atoms with E-state index >= 15 is 0 Å². The average molecular weight is 381 g/mol. The van der Waals surface area contributed by atoms with Crippen LogP contribution in [0.25, 0.3) is 11.5 Å². The first kappa shape index (κ1) is 18.8. The number of pyridine rings is 2. The summed E-state index contributed by atoms with van der Waals surface area (Å²) in [7, 11) is 0. The fraction of sp³-hybridized carbons (Fsp3) is 0.211. The molecule has 0 saturated heterocycles. The lowest BCUT2D eigenvalue weighted by molar-refractivity contribution is 0.0934. The van der Waals surface area contributed by atoms with Crippen molar-refractivity contribution in [1.29, 1.82) is 0 Å². The van der Waals surface area contributed by atoms with Gasteiger partial charge in [-0.1, -0.05) is 6.07 Å². The molecular weight excluding hydrogens is 362 g/mol. The van der Waals surface area contributed by atoms with Gasteiger partial charge in [-0.05, 0) is 42.7 Å². The molecule has 2 N–H and O–H groups in total. The van der Waals surface area contributed by atoms with E-state index in [-0.39, 0.29) is 11.5 Å². The lowest BCUT2D eigenvalue weighted by Crippen LogP contribution is -2.31. The summed E-state index contributed by atoms with van der Waals surface area (Å²) < 4.78 is 0. The number of nitrogens with one attached hydrogen (secondary N) is 2. The molecule has 0 aromatic carbocycles. The number of H-pyrrole nitrogens is 1. The highest BCUT2D eigenvalue weighted by Gasteiger charge is 2.19. The molecule has 3 rings (SSSR count). The highest BCUT2D eigenvalue weighted by atomic mass is 32.2. The van der Waals surface area contributed by atoms with Gasteiger partial charge >= 0.3 is 0 Å². The van der Waals surface area contributed by atoms with Crippen LogP contribution in [0.2, 0.25) is 0 Å². The van der Waals surface area contributed by atoms with Crippen LogP contribution in [0.3, 0.4) is 0 Å². The van der Waals surface area contributed by atoms with Gasteiger partial charge in [0.15, 0.2) is 5.82 Å². The van der Waals surface area contributed by atoms with Crippen LogP contribution >= 0.6 is 11.8 Å². The molecule has 0 bridgehead atoms. The first-order chi connectivity index (χ1) is 13.2. The molecule has 0 fully saturated rings. The van der Waals surface area contributed by atoms with Crippen molar-refractivity contribution in [1.82, 2.24) is 25.3 Å². The summed E-state index contributed by atoms with van der Waals surface area (Å²) in [5.74, 6) is 0.935. The third-order valence-electron chi connectivity index (χ3n) is 3.87. The zero-order valence-electron chi connectivity index (χ0n) is 14.8. The maximum atomic E-state index is 12.5. The number of hydrogen-bond donors (Lipinski definition) is 2. The fourth-order valence-electron chi connectivity index (χ4n) is 2.55. The Morgan fingerprint density at radius 2 is 2.15 bits per heavy atom. The number of thioether (sulfide) groups is 1. The Balaban J connectivity index is 1.91. The van der Waals surface area contributed by atoms with E-state index in [0.29, 0.717) is 29.2 Å². The Hall–Kier alpha value is -3.00. The second-order valence-electron chi connectivity index (χ2n) is 5.78. The van der Waals surface area contributed by atoms with Crippen molar-refractivity contribution < 1.29 is 4.79 Å². The van der Waals surface area contributed by atoms with E-state index in [1.165, 1.54) is 12.3 Å². The number of nitrogens with zero attached hydrogens (tertiary/aromatic N) is 3. The normalized spacial score (nSPS) is 11.7. The van der Waals surface area contributed by atoms with Gasteiger partial charge in [0, 0.05) is 24.7 Å². The van der Waals surface area contributed by atoms with Crippen molar-refractivity contribution in [3.05, 3.63) is 76.6 Å². The van der Waals surface area contributed by atoms with E-state index in [1.807, 2.05) is 12.3 Å². The Morgan fingerprint density at radius 3 is 2.85 bits per heavy atom. The summed E-state index contributed by atoms with van der Waals surface area (Å²) in [4.78, 5) is 40.2. The minimum absolute atomic E-state index is 0.254. The Kier molecular flexibility index (Phi) is 6.32.